The molecule has 1 unspecified atom stereocenters. The first-order valence-corrected chi connectivity index (χ1v) is 7.93. The summed E-state index contributed by atoms with van der Waals surface area (Å²) in [6.45, 7) is 4.71. The normalized spacial score (nSPS) is 25.1. The monoisotopic (exact) mass is 269 g/mol. The van der Waals surface area contributed by atoms with E-state index < -0.39 is 0 Å². The Labute approximate surface area is 121 Å². The quantitative estimate of drug-likeness (QED) is 0.654. The van der Waals surface area contributed by atoms with Gasteiger partial charge in [0, 0.05) is 0 Å². The van der Waals surface area contributed by atoms with Crippen LogP contribution in [-0.2, 0) is 6.42 Å². The number of fused-ring (bicyclic) bond motifs is 2. The Morgan fingerprint density at radius 1 is 1.25 bits per heavy atom. The predicted molar refractivity (Wildman–Crippen MR) is 83.9 cm³/mol. The van der Waals surface area contributed by atoms with Gasteiger partial charge in [0.05, 0.1) is 0 Å². The molecule has 0 amide bonds. The Bertz CT molecular complexity index is 559. The maximum Gasteiger partial charge on any atom is 0.108 e. The molecule has 2 heteroatoms. The Kier molecular flexibility index (Phi) is 3.73. The van der Waals surface area contributed by atoms with Crippen LogP contribution in [0.15, 0.2) is 28.9 Å². The highest BCUT2D eigenvalue weighted by molar-refractivity contribution is 5.75. The zero-order valence-electron chi connectivity index (χ0n) is 12.5. The van der Waals surface area contributed by atoms with Crippen molar-refractivity contribution >= 4 is 11.3 Å². The van der Waals surface area contributed by atoms with Crippen LogP contribution in [0.1, 0.15) is 57.1 Å². The Hall–Kier alpha value is -1.44. The molecule has 2 aliphatic carbocycles. The van der Waals surface area contributed by atoms with Gasteiger partial charge < -0.3 is 0 Å². The summed E-state index contributed by atoms with van der Waals surface area (Å²) >= 11 is 0. The lowest BCUT2D eigenvalue weighted by Gasteiger charge is -2.37. The van der Waals surface area contributed by atoms with E-state index in [1.54, 1.807) is 11.1 Å². The second kappa shape index (κ2) is 5.51. The first-order chi connectivity index (χ1) is 9.74. The van der Waals surface area contributed by atoms with E-state index in [-0.39, 0.29) is 0 Å². The van der Waals surface area contributed by atoms with Crippen molar-refractivity contribution in [3.8, 4) is 0 Å². The lowest BCUT2D eigenvalue weighted by molar-refractivity contribution is 0.340. The van der Waals surface area contributed by atoms with Crippen molar-refractivity contribution in [3.05, 3.63) is 39.8 Å². The Morgan fingerprint density at radius 2 is 2.10 bits per heavy atom. The smallest absolute Gasteiger partial charge is 0.108 e. The number of hydrogen-bond acceptors (Lipinski definition) is 2. The summed E-state index contributed by atoms with van der Waals surface area (Å²) in [6, 6.07) is 5.98. The number of aryl methyl sites for hydroxylation is 1. The second-order valence-electron chi connectivity index (χ2n) is 6.35. The van der Waals surface area contributed by atoms with Crippen molar-refractivity contribution in [3.63, 3.8) is 0 Å². The number of rotatable bonds is 3. The summed E-state index contributed by atoms with van der Waals surface area (Å²) < 4.78 is 0. The second-order valence-corrected chi connectivity index (χ2v) is 6.35. The van der Waals surface area contributed by atoms with Gasteiger partial charge in [-0.3, -0.25) is 0 Å². The van der Waals surface area contributed by atoms with Crippen molar-refractivity contribution in [2.45, 2.75) is 52.4 Å². The molecule has 1 aromatic rings. The SMILES string of the molecule is CCC[C@@H]1C2=C(CCC1C)c1ccc(N=O)cc1CC2. The molecule has 0 saturated carbocycles. The molecule has 0 saturated heterocycles. The van der Waals surface area contributed by atoms with Crippen molar-refractivity contribution < 1.29 is 0 Å². The fourth-order valence-corrected chi connectivity index (χ4v) is 4.12. The van der Waals surface area contributed by atoms with E-state index in [9.17, 15) is 4.91 Å². The average molecular weight is 269 g/mol. The van der Waals surface area contributed by atoms with Crippen LogP contribution in [0.4, 0.5) is 5.69 Å². The third-order valence-corrected chi connectivity index (χ3v) is 5.15. The molecule has 0 bridgehead atoms. The average Bonchev–Trinajstić information content (AvgIpc) is 2.49. The number of hydrogen-bond donors (Lipinski definition) is 0. The molecule has 0 spiro atoms. The minimum Gasteiger partial charge on any atom is -0.145 e. The largest absolute Gasteiger partial charge is 0.145 e. The van der Waals surface area contributed by atoms with E-state index in [1.165, 1.54) is 43.2 Å². The van der Waals surface area contributed by atoms with Gasteiger partial charge in [0.1, 0.15) is 5.69 Å². The predicted octanol–water partition coefficient (Wildman–Crippen LogP) is 5.63. The summed E-state index contributed by atoms with van der Waals surface area (Å²) in [6.07, 6.45) is 7.36. The lowest BCUT2D eigenvalue weighted by Crippen LogP contribution is -2.23. The van der Waals surface area contributed by atoms with Gasteiger partial charge in [0.15, 0.2) is 0 Å². The van der Waals surface area contributed by atoms with Gasteiger partial charge >= 0.3 is 0 Å². The van der Waals surface area contributed by atoms with E-state index in [1.807, 2.05) is 12.1 Å². The summed E-state index contributed by atoms with van der Waals surface area (Å²) in [5.74, 6) is 1.60. The summed E-state index contributed by atoms with van der Waals surface area (Å²) in [5.41, 5.74) is 6.59. The van der Waals surface area contributed by atoms with Gasteiger partial charge in [-0.15, -0.1) is 4.91 Å². The molecule has 0 fully saturated rings. The van der Waals surface area contributed by atoms with Gasteiger partial charge in [-0.25, -0.2) is 0 Å². The molecule has 1 aromatic carbocycles. The van der Waals surface area contributed by atoms with Crippen molar-refractivity contribution in [1.82, 2.24) is 0 Å². The summed E-state index contributed by atoms with van der Waals surface area (Å²) in [7, 11) is 0. The van der Waals surface area contributed by atoms with Crippen LogP contribution in [0.3, 0.4) is 0 Å². The highest BCUT2D eigenvalue weighted by Gasteiger charge is 2.31. The van der Waals surface area contributed by atoms with Crippen molar-refractivity contribution in [2.75, 3.05) is 0 Å². The molecule has 0 heterocycles. The van der Waals surface area contributed by atoms with Crippen LogP contribution in [-0.4, -0.2) is 0 Å². The minimum absolute atomic E-state index is 0.571. The van der Waals surface area contributed by atoms with Crippen LogP contribution in [0.5, 0.6) is 0 Å². The van der Waals surface area contributed by atoms with Gasteiger partial charge in [-0.05, 0) is 77.9 Å². The molecule has 2 nitrogen and oxygen atoms in total. The zero-order valence-corrected chi connectivity index (χ0v) is 12.5. The third kappa shape index (κ3) is 2.21. The number of benzene rings is 1. The molecule has 3 rings (SSSR count). The maximum atomic E-state index is 10.7. The maximum absolute atomic E-state index is 10.7. The molecule has 0 aliphatic heterocycles. The molecule has 2 aliphatic rings. The Morgan fingerprint density at radius 3 is 2.85 bits per heavy atom. The van der Waals surface area contributed by atoms with Crippen LogP contribution in [0.2, 0.25) is 0 Å². The zero-order chi connectivity index (χ0) is 14.1. The van der Waals surface area contributed by atoms with Crippen LogP contribution < -0.4 is 0 Å². The number of nitrogens with zero attached hydrogens (tertiary/aromatic N) is 1. The van der Waals surface area contributed by atoms with E-state index in [0.717, 1.165) is 18.3 Å². The molecule has 0 N–H and O–H groups in total. The number of nitroso groups, excluding NO2 is 1. The van der Waals surface area contributed by atoms with Crippen LogP contribution in [0.25, 0.3) is 5.57 Å². The number of allylic oxidation sites excluding steroid dienone is 2. The highest BCUT2D eigenvalue weighted by Crippen LogP contribution is 2.47. The fraction of sp³-hybridized carbons (Fsp3) is 0.556. The molecule has 20 heavy (non-hydrogen) atoms. The topological polar surface area (TPSA) is 29.4 Å². The highest BCUT2D eigenvalue weighted by atomic mass is 16.3. The van der Waals surface area contributed by atoms with E-state index in [0.29, 0.717) is 5.69 Å². The molecular weight excluding hydrogens is 246 g/mol. The fourth-order valence-electron chi connectivity index (χ4n) is 4.12. The van der Waals surface area contributed by atoms with Gasteiger partial charge in [0.2, 0.25) is 0 Å². The van der Waals surface area contributed by atoms with E-state index in [4.69, 9.17) is 0 Å². The molecular formula is C18H23NO. The molecule has 0 radical (unpaired) electrons. The molecule has 106 valence electrons. The molecule has 0 aromatic heterocycles. The van der Waals surface area contributed by atoms with Gasteiger partial charge in [-0.2, -0.15) is 0 Å². The van der Waals surface area contributed by atoms with Gasteiger partial charge in [-0.1, -0.05) is 31.9 Å². The van der Waals surface area contributed by atoms with Gasteiger partial charge in [0.25, 0.3) is 0 Å². The van der Waals surface area contributed by atoms with Crippen LogP contribution in [0, 0.1) is 16.7 Å². The molecule has 2 atom stereocenters. The van der Waals surface area contributed by atoms with Crippen LogP contribution >= 0.6 is 0 Å². The first kappa shape index (κ1) is 13.5. The Balaban J connectivity index is 2.03. The van der Waals surface area contributed by atoms with E-state index >= 15 is 0 Å². The summed E-state index contributed by atoms with van der Waals surface area (Å²) in [4.78, 5) is 10.7. The van der Waals surface area contributed by atoms with E-state index in [2.05, 4.69) is 25.1 Å². The lowest BCUT2D eigenvalue weighted by atomic mass is 9.68. The van der Waals surface area contributed by atoms with Crippen molar-refractivity contribution in [2.24, 2.45) is 17.0 Å². The first-order valence-electron chi connectivity index (χ1n) is 7.93. The third-order valence-electron chi connectivity index (χ3n) is 5.15. The standard InChI is InChI=1S/C18H23NO/c1-3-4-15-12(2)5-8-18-16-10-7-14(19-20)11-13(16)6-9-17(15)18/h7,10-12,15H,3-6,8-9H2,1-2H3/t12?,15-/m0/s1. The van der Waals surface area contributed by atoms with Crippen molar-refractivity contribution in [1.29, 1.82) is 0 Å². The minimum atomic E-state index is 0.571. The summed E-state index contributed by atoms with van der Waals surface area (Å²) in [5, 5.41) is 3.07.